The van der Waals surface area contributed by atoms with Gasteiger partial charge in [-0.1, -0.05) is 26.7 Å². The van der Waals surface area contributed by atoms with Gasteiger partial charge in [0.25, 0.3) is 0 Å². The van der Waals surface area contributed by atoms with Crippen LogP contribution in [0.2, 0.25) is 0 Å². The summed E-state index contributed by atoms with van der Waals surface area (Å²) in [7, 11) is 1.65. The molecule has 1 heterocycles. The molecular formula is C16H27N3O. The summed E-state index contributed by atoms with van der Waals surface area (Å²) >= 11 is 0. The van der Waals surface area contributed by atoms with Crippen LogP contribution in [0.25, 0.3) is 0 Å². The number of ether oxygens (including phenoxy) is 1. The average Bonchev–Trinajstić information content (AvgIpc) is 2.85. The van der Waals surface area contributed by atoms with Crippen LogP contribution in [0.5, 0.6) is 5.88 Å². The quantitative estimate of drug-likeness (QED) is 0.859. The molecule has 0 atom stereocenters. The molecular weight excluding hydrogens is 250 g/mol. The first-order valence-corrected chi connectivity index (χ1v) is 7.66. The summed E-state index contributed by atoms with van der Waals surface area (Å²) in [6.45, 7) is 7.65. The van der Waals surface area contributed by atoms with Gasteiger partial charge in [0.2, 0.25) is 5.88 Å². The zero-order valence-corrected chi connectivity index (χ0v) is 13.2. The Bertz CT molecular complexity index is 439. The standard InChI is InChI=1S/C16H27N3O/c1-12(2)9-16(7-5-6-8-16)10-17-14-13(3)15(20-4)19-11-18-14/h11-12H,5-10H2,1-4H3,(H,17,18,19). The van der Waals surface area contributed by atoms with Crippen LogP contribution in [-0.4, -0.2) is 23.6 Å². The lowest BCUT2D eigenvalue weighted by Crippen LogP contribution is -2.29. The lowest BCUT2D eigenvalue weighted by molar-refractivity contribution is 0.252. The van der Waals surface area contributed by atoms with Crippen LogP contribution in [0, 0.1) is 18.3 Å². The number of hydrogen-bond acceptors (Lipinski definition) is 4. The molecule has 1 aromatic rings. The molecule has 0 amide bonds. The summed E-state index contributed by atoms with van der Waals surface area (Å²) in [5.41, 5.74) is 1.44. The minimum absolute atomic E-state index is 0.443. The molecule has 112 valence electrons. The van der Waals surface area contributed by atoms with Gasteiger partial charge in [-0.15, -0.1) is 0 Å². The Balaban J connectivity index is 2.06. The molecule has 0 saturated heterocycles. The Morgan fingerprint density at radius 1 is 1.30 bits per heavy atom. The third-order valence-electron chi connectivity index (χ3n) is 4.37. The summed E-state index contributed by atoms with van der Waals surface area (Å²) in [6.07, 6.45) is 8.25. The maximum Gasteiger partial charge on any atom is 0.221 e. The highest BCUT2D eigenvalue weighted by molar-refractivity contribution is 5.47. The Morgan fingerprint density at radius 2 is 2.00 bits per heavy atom. The Morgan fingerprint density at radius 3 is 2.60 bits per heavy atom. The van der Waals surface area contributed by atoms with Crippen molar-refractivity contribution < 1.29 is 4.74 Å². The van der Waals surface area contributed by atoms with Crippen molar-refractivity contribution >= 4 is 5.82 Å². The van der Waals surface area contributed by atoms with Crippen LogP contribution >= 0.6 is 0 Å². The van der Waals surface area contributed by atoms with E-state index in [2.05, 4.69) is 29.1 Å². The predicted octanol–water partition coefficient (Wildman–Crippen LogP) is 3.81. The third-order valence-corrected chi connectivity index (χ3v) is 4.37. The van der Waals surface area contributed by atoms with Crippen molar-refractivity contribution in [2.45, 2.75) is 52.9 Å². The van der Waals surface area contributed by atoms with Crippen molar-refractivity contribution in [3.63, 3.8) is 0 Å². The number of methoxy groups -OCH3 is 1. The molecule has 4 heteroatoms. The highest BCUT2D eigenvalue weighted by atomic mass is 16.5. The molecule has 1 fully saturated rings. The summed E-state index contributed by atoms with van der Waals surface area (Å²) in [5, 5.41) is 3.54. The van der Waals surface area contributed by atoms with Crippen molar-refractivity contribution in [1.82, 2.24) is 9.97 Å². The third kappa shape index (κ3) is 3.41. The van der Waals surface area contributed by atoms with Gasteiger partial charge in [0, 0.05) is 6.54 Å². The molecule has 1 aliphatic rings. The maximum absolute atomic E-state index is 5.26. The summed E-state index contributed by atoms with van der Waals surface area (Å²) < 4.78 is 5.26. The van der Waals surface area contributed by atoms with Gasteiger partial charge in [-0.3, -0.25) is 0 Å². The summed E-state index contributed by atoms with van der Waals surface area (Å²) in [5.74, 6) is 2.31. The summed E-state index contributed by atoms with van der Waals surface area (Å²) in [4.78, 5) is 8.49. The Hall–Kier alpha value is -1.32. The number of nitrogens with zero attached hydrogens (tertiary/aromatic N) is 2. The zero-order valence-electron chi connectivity index (χ0n) is 13.2. The fraction of sp³-hybridized carbons (Fsp3) is 0.750. The first-order chi connectivity index (χ1) is 9.56. The Labute approximate surface area is 122 Å². The Kier molecular flexibility index (Phi) is 4.84. The van der Waals surface area contributed by atoms with E-state index in [0.29, 0.717) is 11.3 Å². The smallest absolute Gasteiger partial charge is 0.221 e. The van der Waals surface area contributed by atoms with E-state index >= 15 is 0 Å². The number of nitrogens with one attached hydrogen (secondary N) is 1. The minimum Gasteiger partial charge on any atom is -0.481 e. The van der Waals surface area contributed by atoms with Crippen LogP contribution < -0.4 is 10.1 Å². The maximum atomic E-state index is 5.26. The minimum atomic E-state index is 0.443. The van der Waals surface area contributed by atoms with Gasteiger partial charge in [0.05, 0.1) is 12.7 Å². The molecule has 0 aliphatic heterocycles. The van der Waals surface area contributed by atoms with Crippen molar-refractivity contribution in [3.05, 3.63) is 11.9 Å². The molecule has 1 aliphatic carbocycles. The fourth-order valence-electron chi connectivity index (χ4n) is 3.53. The van der Waals surface area contributed by atoms with E-state index in [1.807, 2.05) is 6.92 Å². The van der Waals surface area contributed by atoms with E-state index < -0.39 is 0 Å². The van der Waals surface area contributed by atoms with Crippen LogP contribution in [-0.2, 0) is 0 Å². The molecule has 2 rings (SSSR count). The second-order valence-electron chi connectivity index (χ2n) is 6.52. The molecule has 1 aromatic heterocycles. The van der Waals surface area contributed by atoms with Crippen LogP contribution in [0.15, 0.2) is 6.33 Å². The van der Waals surface area contributed by atoms with Gasteiger partial charge < -0.3 is 10.1 Å². The molecule has 4 nitrogen and oxygen atoms in total. The van der Waals surface area contributed by atoms with Gasteiger partial charge in [-0.25, -0.2) is 9.97 Å². The molecule has 20 heavy (non-hydrogen) atoms. The number of hydrogen-bond donors (Lipinski definition) is 1. The van der Waals surface area contributed by atoms with Gasteiger partial charge >= 0.3 is 0 Å². The van der Waals surface area contributed by atoms with Crippen LogP contribution in [0.1, 0.15) is 51.5 Å². The second kappa shape index (κ2) is 6.42. The largest absolute Gasteiger partial charge is 0.481 e. The lowest BCUT2D eigenvalue weighted by Gasteiger charge is -2.31. The normalized spacial score (nSPS) is 17.4. The second-order valence-corrected chi connectivity index (χ2v) is 6.52. The lowest BCUT2D eigenvalue weighted by atomic mass is 9.78. The van der Waals surface area contributed by atoms with E-state index in [9.17, 15) is 0 Å². The van der Waals surface area contributed by atoms with Crippen molar-refractivity contribution in [2.75, 3.05) is 19.0 Å². The molecule has 0 aromatic carbocycles. The molecule has 0 spiro atoms. The van der Waals surface area contributed by atoms with E-state index in [1.165, 1.54) is 32.1 Å². The fourth-order valence-corrected chi connectivity index (χ4v) is 3.53. The van der Waals surface area contributed by atoms with E-state index in [-0.39, 0.29) is 0 Å². The van der Waals surface area contributed by atoms with Crippen molar-refractivity contribution in [1.29, 1.82) is 0 Å². The van der Waals surface area contributed by atoms with Crippen LogP contribution in [0.3, 0.4) is 0 Å². The number of anilines is 1. The summed E-state index contributed by atoms with van der Waals surface area (Å²) in [6, 6.07) is 0. The van der Waals surface area contributed by atoms with E-state index in [1.54, 1.807) is 13.4 Å². The molecule has 1 saturated carbocycles. The number of aromatic nitrogens is 2. The number of rotatable bonds is 6. The molecule has 0 radical (unpaired) electrons. The first-order valence-electron chi connectivity index (χ1n) is 7.66. The van der Waals surface area contributed by atoms with E-state index in [4.69, 9.17) is 4.74 Å². The first kappa shape index (κ1) is 15.1. The molecule has 1 N–H and O–H groups in total. The molecule has 0 unspecified atom stereocenters. The highest BCUT2D eigenvalue weighted by Crippen LogP contribution is 2.43. The van der Waals surface area contributed by atoms with Gasteiger partial charge in [-0.2, -0.15) is 0 Å². The van der Waals surface area contributed by atoms with E-state index in [0.717, 1.165) is 23.8 Å². The highest BCUT2D eigenvalue weighted by Gasteiger charge is 2.34. The SMILES string of the molecule is COc1ncnc(NCC2(CC(C)C)CCCC2)c1C. The molecule has 0 bridgehead atoms. The van der Waals surface area contributed by atoms with Crippen molar-refractivity contribution in [2.24, 2.45) is 11.3 Å². The average molecular weight is 277 g/mol. The topological polar surface area (TPSA) is 47.0 Å². The van der Waals surface area contributed by atoms with Crippen LogP contribution in [0.4, 0.5) is 5.82 Å². The van der Waals surface area contributed by atoms with Crippen molar-refractivity contribution in [3.8, 4) is 5.88 Å². The van der Waals surface area contributed by atoms with Gasteiger partial charge in [0.15, 0.2) is 0 Å². The van der Waals surface area contributed by atoms with Gasteiger partial charge in [-0.05, 0) is 37.5 Å². The van der Waals surface area contributed by atoms with Gasteiger partial charge in [0.1, 0.15) is 12.1 Å². The predicted molar refractivity (Wildman–Crippen MR) is 82.2 cm³/mol. The monoisotopic (exact) mass is 277 g/mol. The zero-order chi connectivity index (χ0) is 14.6.